The van der Waals surface area contributed by atoms with Crippen molar-refractivity contribution in [3.8, 4) is 0 Å². The molecule has 0 amide bonds. The molecular formula is C22H44O8. The van der Waals surface area contributed by atoms with Crippen LogP contribution in [0.3, 0.4) is 0 Å². The molecule has 0 saturated carbocycles. The number of hydrogen-bond donors (Lipinski definition) is 5. The van der Waals surface area contributed by atoms with E-state index in [1.54, 1.807) is 0 Å². The van der Waals surface area contributed by atoms with E-state index in [2.05, 4.69) is 20.8 Å². The molecule has 0 aliphatic heterocycles. The van der Waals surface area contributed by atoms with Gasteiger partial charge in [-0.25, -0.2) is 0 Å². The van der Waals surface area contributed by atoms with Gasteiger partial charge in [-0.3, -0.25) is 4.79 Å². The number of esters is 1. The Hall–Kier alpha value is -0.770. The highest BCUT2D eigenvalue weighted by Gasteiger charge is 2.46. The molecule has 0 aromatic heterocycles. The Balaban J connectivity index is 5.37. The summed E-state index contributed by atoms with van der Waals surface area (Å²) in [5.74, 6) is -0.752. The molecule has 0 aromatic rings. The third kappa shape index (κ3) is 8.40. The highest BCUT2D eigenvalue weighted by Crippen LogP contribution is 2.47. The summed E-state index contributed by atoms with van der Waals surface area (Å²) in [6.07, 6.45) is -5.71. The smallest absolute Gasteiger partial charge is 0.309 e. The van der Waals surface area contributed by atoms with Crippen LogP contribution in [0.2, 0.25) is 0 Å². The van der Waals surface area contributed by atoms with Gasteiger partial charge in [0, 0.05) is 6.42 Å². The third-order valence-corrected chi connectivity index (χ3v) is 6.24. The van der Waals surface area contributed by atoms with Crippen molar-refractivity contribution >= 4 is 5.97 Å². The van der Waals surface area contributed by atoms with E-state index < -0.39 is 49.7 Å². The number of aliphatic hydroxyl groups is 5. The molecule has 6 atom stereocenters. The van der Waals surface area contributed by atoms with Crippen molar-refractivity contribution in [2.75, 3.05) is 19.8 Å². The number of aliphatic hydroxyl groups excluding tert-OH is 5. The first-order chi connectivity index (χ1) is 13.6. The van der Waals surface area contributed by atoms with Crippen LogP contribution < -0.4 is 0 Å². The second kappa shape index (κ2) is 12.3. The van der Waals surface area contributed by atoms with Crippen molar-refractivity contribution in [1.82, 2.24) is 0 Å². The van der Waals surface area contributed by atoms with E-state index in [4.69, 9.17) is 14.6 Å². The van der Waals surface area contributed by atoms with E-state index in [-0.39, 0.29) is 35.7 Å². The number of carbonyl (C=O) groups excluding carboxylic acids is 1. The molecule has 30 heavy (non-hydrogen) atoms. The molecule has 0 aromatic carbocycles. The quantitative estimate of drug-likeness (QED) is 0.271. The van der Waals surface area contributed by atoms with Gasteiger partial charge in [0.05, 0.1) is 37.4 Å². The Morgan fingerprint density at radius 1 is 0.900 bits per heavy atom. The van der Waals surface area contributed by atoms with E-state index in [1.165, 1.54) is 6.92 Å². The van der Waals surface area contributed by atoms with Crippen LogP contribution in [0.1, 0.15) is 61.8 Å². The van der Waals surface area contributed by atoms with Crippen molar-refractivity contribution in [3.63, 3.8) is 0 Å². The van der Waals surface area contributed by atoms with Crippen LogP contribution >= 0.6 is 0 Å². The van der Waals surface area contributed by atoms with Crippen molar-refractivity contribution in [2.45, 2.75) is 92.3 Å². The van der Waals surface area contributed by atoms with E-state index >= 15 is 0 Å². The Bertz CT molecular complexity index is 498. The summed E-state index contributed by atoms with van der Waals surface area (Å²) in [6, 6.07) is 0. The molecule has 0 rings (SSSR count). The molecular weight excluding hydrogens is 392 g/mol. The monoisotopic (exact) mass is 436 g/mol. The molecule has 0 aliphatic rings. The summed E-state index contributed by atoms with van der Waals surface area (Å²) in [6.45, 7) is 14.3. The zero-order valence-corrected chi connectivity index (χ0v) is 19.8. The Morgan fingerprint density at radius 3 is 1.80 bits per heavy atom. The van der Waals surface area contributed by atoms with Gasteiger partial charge in [-0.05, 0) is 23.7 Å². The predicted molar refractivity (Wildman–Crippen MR) is 114 cm³/mol. The fourth-order valence-electron chi connectivity index (χ4n) is 3.40. The van der Waals surface area contributed by atoms with Gasteiger partial charge >= 0.3 is 5.97 Å². The lowest BCUT2D eigenvalue weighted by Crippen LogP contribution is -2.46. The molecule has 0 spiro atoms. The highest BCUT2D eigenvalue weighted by molar-refractivity contribution is 5.73. The maximum atomic E-state index is 13.0. The van der Waals surface area contributed by atoms with E-state index in [0.29, 0.717) is 0 Å². The fraction of sp³-hybridized carbons (Fsp3) is 0.955. The predicted octanol–water partition coefficient (Wildman–Crippen LogP) is 1.11. The van der Waals surface area contributed by atoms with Crippen LogP contribution in [0, 0.1) is 22.7 Å². The second-order valence-electron chi connectivity index (χ2n) is 10.1. The molecule has 0 heterocycles. The highest BCUT2D eigenvalue weighted by atomic mass is 16.6. The van der Waals surface area contributed by atoms with Crippen LogP contribution in [0.5, 0.6) is 0 Å². The van der Waals surface area contributed by atoms with Gasteiger partial charge in [-0.1, -0.05) is 48.5 Å². The van der Waals surface area contributed by atoms with E-state index in [9.17, 15) is 25.2 Å². The molecule has 0 aliphatic carbocycles. The maximum Gasteiger partial charge on any atom is 0.309 e. The minimum Gasteiger partial charge on any atom is -0.463 e. The first kappa shape index (κ1) is 29.2. The molecule has 0 radical (unpaired) electrons. The van der Waals surface area contributed by atoms with Crippen molar-refractivity contribution < 1.29 is 39.8 Å². The molecule has 0 fully saturated rings. The average Bonchev–Trinajstić information content (AvgIpc) is 2.61. The molecule has 3 unspecified atom stereocenters. The minimum absolute atomic E-state index is 0.0290. The lowest BCUT2D eigenvalue weighted by molar-refractivity contribution is -0.177. The summed E-state index contributed by atoms with van der Waals surface area (Å²) in [5, 5.41) is 48.0. The largest absolute Gasteiger partial charge is 0.463 e. The molecule has 0 saturated heterocycles. The average molecular weight is 437 g/mol. The molecule has 5 N–H and O–H groups in total. The summed E-state index contributed by atoms with van der Waals surface area (Å²) >= 11 is 0. The Labute approximate surface area is 181 Å². The number of hydrogen-bond acceptors (Lipinski definition) is 8. The first-order valence-electron chi connectivity index (χ1n) is 10.7. The zero-order chi connectivity index (χ0) is 23.9. The lowest BCUT2D eigenvalue weighted by Gasteiger charge is -2.45. The molecule has 0 bridgehead atoms. The van der Waals surface area contributed by atoms with Crippen LogP contribution in [0.15, 0.2) is 0 Å². The topological polar surface area (TPSA) is 137 Å². The molecule has 8 nitrogen and oxygen atoms in total. The third-order valence-electron chi connectivity index (χ3n) is 6.24. The van der Waals surface area contributed by atoms with Gasteiger partial charge in [0.2, 0.25) is 0 Å². The minimum atomic E-state index is -1.33. The SMILES string of the molecule is CC(C)C(C(=O)OCC(OC(C[C@@H](O)CO)[C@@H](O)CO)[C@H](C)O)C(C)(C)C(C)(C)C. The lowest BCUT2D eigenvalue weighted by atomic mass is 9.59. The zero-order valence-electron chi connectivity index (χ0n) is 19.8. The van der Waals surface area contributed by atoms with Crippen LogP contribution in [-0.2, 0) is 14.3 Å². The van der Waals surface area contributed by atoms with E-state index in [0.717, 1.165) is 0 Å². The summed E-state index contributed by atoms with van der Waals surface area (Å²) in [4.78, 5) is 13.0. The standard InChI is InChI=1S/C22H44O8/c1-13(2)19(22(7,8)21(4,5)6)20(28)29-12-18(14(3)25)30-17(16(27)11-24)9-15(26)10-23/h13-19,23-27H,9-12H2,1-8H3/t14-,15+,16-,17?,18?,19?/m0/s1. The van der Waals surface area contributed by atoms with E-state index in [1.807, 2.05) is 27.7 Å². The Morgan fingerprint density at radius 2 is 1.43 bits per heavy atom. The number of ether oxygens (including phenoxy) is 2. The van der Waals surface area contributed by atoms with Gasteiger partial charge in [0.1, 0.15) is 18.8 Å². The summed E-state index contributed by atoms with van der Waals surface area (Å²) < 4.78 is 11.2. The van der Waals surface area contributed by atoms with Crippen LogP contribution in [0.4, 0.5) is 0 Å². The van der Waals surface area contributed by atoms with Gasteiger partial charge in [-0.2, -0.15) is 0 Å². The second-order valence-corrected chi connectivity index (χ2v) is 10.1. The molecule has 180 valence electrons. The maximum absolute atomic E-state index is 13.0. The van der Waals surface area contributed by atoms with Gasteiger partial charge in [-0.15, -0.1) is 0 Å². The van der Waals surface area contributed by atoms with Gasteiger partial charge < -0.3 is 35.0 Å². The van der Waals surface area contributed by atoms with Crippen LogP contribution in [-0.4, -0.2) is 81.8 Å². The van der Waals surface area contributed by atoms with Crippen molar-refractivity contribution in [1.29, 1.82) is 0 Å². The normalized spacial score (nSPS) is 19.1. The first-order valence-corrected chi connectivity index (χ1v) is 10.7. The van der Waals surface area contributed by atoms with Gasteiger partial charge in [0.25, 0.3) is 0 Å². The number of carbonyl (C=O) groups is 1. The molecule has 8 heteroatoms. The van der Waals surface area contributed by atoms with Crippen molar-refractivity contribution in [2.24, 2.45) is 22.7 Å². The summed E-state index contributed by atoms with van der Waals surface area (Å²) in [5.41, 5.74) is -0.516. The van der Waals surface area contributed by atoms with Crippen molar-refractivity contribution in [3.05, 3.63) is 0 Å². The fourth-order valence-corrected chi connectivity index (χ4v) is 3.40. The summed E-state index contributed by atoms with van der Waals surface area (Å²) in [7, 11) is 0. The van der Waals surface area contributed by atoms with Crippen LogP contribution in [0.25, 0.3) is 0 Å². The number of rotatable bonds is 13. The Kier molecular flexibility index (Phi) is 12.0. The van der Waals surface area contributed by atoms with Gasteiger partial charge in [0.15, 0.2) is 0 Å².